The van der Waals surface area contributed by atoms with Crippen molar-refractivity contribution in [3.05, 3.63) is 83.4 Å². The van der Waals surface area contributed by atoms with Crippen molar-refractivity contribution in [1.29, 1.82) is 0 Å². The number of anilines is 1. The first-order valence-electron chi connectivity index (χ1n) is 7.75. The summed E-state index contributed by atoms with van der Waals surface area (Å²) >= 11 is 5.78. The molecule has 0 unspecified atom stereocenters. The van der Waals surface area contributed by atoms with Gasteiger partial charge in [-0.15, -0.1) is 0 Å². The van der Waals surface area contributed by atoms with Crippen LogP contribution in [0.5, 0.6) is 5.75 Å². The SMILES string of the molecule is O=C(COc1ccc(Cl)cc1)Nc1c(F)cc(F)cc1-c1ccccc1. The molecular formula is C20H14ClF2NO2. The molecule has 132 valence electrons. The monoisotopic (exact) mass is 373 g/mol. The molecule has 0 radical (unpaired) electrons. The number of benzene rings is 3. The van der Waals surface area contributed by atoms with Gasteiger partial charge in [0, 0.05) is 16.7 Å². The Labute approximate surface area is 154 Å². The van der Waals surface area contributed by atoms with E-state index in [0.717, 1.165) is 6.07 Å². The Bertz CT molecular complexity index is 915. The molecule has 0 aliphatic rings. The molecule has 6 heteroatoms. The molecule has 0 fully saturated rings. The molecule has 3 aromatic rings. The molecule has 0 aromatic heterocycles. The van der Waals surface area contributed by atoms with Gasteiger partial charge in [-0.25, -0.2) is 8.78 Å². The number of halogens is 3. The van der Waals surface area contributed by atoms with Gasteiger partial charge in [0.1, 0.15) is 17.4 Å². The summed E-state index contributed by atoms with van der Waals surface area (Å²) in [5.41, 5.74) is 0.741. The summed E-state index contributed by atoms with van der Waals surface area (Å²) in [4.78, 5) is 12.2. The number of hydrogen-bond donors (Lipinski definition) is 1. The van der Waals surface area contributed by atoms with Gasteiger partial charge in [0.15, 0.2) is 6.61 Å². The second-order valence-electron chi connectivity index (χ2n) is 5.47. The van der Waals surface area contributed by atoms with Crippen molar-refractivity contribution in [3.8, 4) is 16.9 Å². The summed E-state index contributed by atoms with van der Waals surface area (Å²) < 4.78 is 33.2. The molecule has 1 N–H and O–H groups in total. The van der Waals surface area contributed by atoms with Crippen molar-refractivity contribution >= 4 is 23.2 Å². The summed E-state index contributed by atoms with van der Waals surface area (Å²) in [7, 11) is 0. The molecule has 3 nitrogen and oxygen atoms in total. The molecule has 3 rings (SSSR count). The van der Waals surface area contributed by atoms with Gasteiger partial charge in [0.25, 0.3) is 5.91 Å². The van der Waals surface area contributed by atoms with Crippen LogP contribution in [-0.2, 0) is 4.79 Å². The maximum absolute atomic E-state index is 14.3. The zero-order valence-corrected chi connectivity index (χ0v) is 14.3. The highest BCUT2D eigenvalue weighted by Gasteiger charge is 2.16. The van der Waals surface area contributed by atoms with Gasteiger partial charge in [-0.3, -0.25) is 4.79 Å². The summed E-state index contributed by atoms with van der Waals surface area (Å²) in [6.07, 6.45) is 0. The number of rotatable bonds is 5. The van der Waals surface area contributed by atoms with Crippen molar-refractivity contribution in [1.82, 2.24) is 0 Å². The molecule has 0 heterocycles. The van der Waals surface area contributed by atoms with Crippen LogP contribution < -0.4 is 10.1 Å². The Morgan fingerprint density at radius 2 is 1.69 bits per heavy atom. The van der Waals surface area contributed by atoms with Crippen LogP contribution >= 0.6 is 11.6 Å². The normalized spacial score (nSPS) is 10.4. The lowest BCUT2D eigenvalue weighted by Gasteiger charge is -2.13. The van der Waals surface area contributed by atoms with Crippen molar-refractivity contribution in [2.24, 2.45) is 0 Å². The van der Waals surface area contributed by atoms with E-state index >= 15 is 0 Å². The number of hydrogen-bond acceptors (Lipinski definition) is 2. The van der Waals surface area contributed by atoms with Crippen LogP contribution in [0, 0.1) is 11.6 Å². The van der Waals surface area contributed by atoms with Gasteiger partial charge in [-0.1, -0.05) is 41.9 Å². The summed E-state index contributed by atoms with van der Waals surface area (Å²) in [6.45, 7) is -0.327. The third-order valence-electron chi connectivity index (χ3n) is 3.59. The Morgan fingerprint density at radius 1 is 1.00 bits per heavy atom. The second kappa shape index (κ2) is 7.97. The molecule has 0 atom stereocenters. The van der Waals surface area contributed by atoms with Crippen LogP contribution in [0.3, 0.4) is 0 Å². The molecular weight excluding hydrogens is 360 g/mol. The van der Waals surface area contributed by atoms with Crippen molar-refractivity contribution in [2.45, 2.75) is 0 Å². The highest BCUT2D eigenvalue weighted by Crippen LogP contribution is 2.31. The number of carbonyl (C=O) groups excluding carboxylic acids is 1. The predicted molar refractivity (Wildman–Crippen MR) is 97.4 cm³/mol. The van der Waals surface area contributed by atoms with Gasteiger partial charge in [0.2, 0.25) is 0 Å². The fourth-order valence-electron chi connectivity index (χ4n) is 2.40. The van der Waals surface area contributed by atoms with E-state index in [-0.39, 0.29) is 17.9 Å². The lowest BCUT2D eigenvalue weighted by molar-refractivity contribution is -0.118. The second-order valence-corrected chi connectivity index (χ2v) is 5.90. The predicted octanol–water partition coefficient (Wildman–Crippen LogP) is 5.30. The first kappa shape index (κ1) is 17.9. The van der Waals surface area contributed by atoms with E-state index in [1.165, 1.54) is 6.07 Å². The van der Waals surface area contributed by atoms with E-state index in [0.29, 0.717) is 16.3 Å². The smallest absolute Gasteiger partial charge is 0.262 e. The third kappa shape index (κ3) is 4.37. The minimum Gasteiger partial charge on any atom is -0.484 e. The van der Waals surface area contributed by atoms with Crippen molar-refractivity contribution in [2.75, 3.05) is 11.9 Å². The first-order chi connectivity index (χ1) is 12.5. The van der Waals surface area contributed by atoms with Crippen LogP contribution in [0.4, 0.5) is 14.5 Å². The standard InChI is InChI=1S/C20H14ClF2NO2/c21-14-6-8-16(9-7-14)26-12-19(25)24-20-17(10-15(22)11-18(20)23)13-4-2-1-3-5-13/h1-11H,12H2,(H,24,25). The van der Waals surface area contributed by atoms with Crippen LogP contribution in [-0.4, -0.2) is 12.5 Å². The van der Waals surface area contributed by atoms with Crippen LogP contribution in [0.2, 0.25) is 5.02 Å². The molecule has 0 bridgehead atoms. The molecule has 1 amide bonds. The zero-order chi connectivity index (χ0) is 18.5. The highest BCUT2D eigenvalue weighted by molar-refractivity contribution is 6.30. The highest BCUT2D eigenvalue weighted by atomic mass is 35.5. The fourth-order valence-corrected chi connectivity index (χ4v) is 2.53. The molecule has 0 saturated carbocycles. The van der Waals surface area contributed by atoms with Crippen LogP contribution in [0.15, 0.2) is 66.7 Å². The van der Waals surface area contributed by atoms with Gasteiger partial charge in [-0.05, 0) is 35.9 Å². The first-order valence-corrected chi connectivity index (χ1v) is 8.13. The topological polar surface area (TPSA) is 38.3 Å². The average molecular weight is 374 g/mol. The van der Waals surface area contributed by atoms with Crippen molar-refractivity contribution < 1.29 is 18.3 Å². The van der Waals surface area contributed by atoms with Gasteiger partial charge >= 0.3 is 0 Å². The molecule has 0 spiro atoms. The summed E-state index contributed by atoms with van der Waals surface area (Å²) in [5.74, 6) is -1.70. The van der Waals surface area contributed by atoms with Crippen LogP contribution in [0.1, 0.15) is 0 Å². The van der Waals surface area contributed by atoms with Crippen LogP contribution in [0.25, 0.3) is 11.1 Å². The number of nitrogens with one attached hydrogen (secondary N) is 1. The molecule has 0 aliphatic heterocycles. The molecule has 0 saturated heterocycles. The van der Waals surface area contributed by atoms with E-state index in [1.54, 1.807) is 54.6 Å². The molecule has 0 aliphatic carbocycles. The van der Waals surface area contributed by atoms with E-state index < -0.39 is 17.5 Å². The van der Waals surface area contributed by atoms with Gasteiger partial charge in [-0.2, -0.15) is 0 Å². The van der Waals surface area contributed by atoms with E-state index in [2.05, 4.69) is 5.32 Å². The minimum atomic E-state index is -0.858. The number of amides is 1. The largest absolute Gasteiger partial charge is 0.484 e. The average Bonchev–Trinajstić information content (AvgIpc) is 2.64. The molecule has 3 aromatic carbocycles. The lowest BCUT2D eigenvalue weighted by atomic mass is 10.0. The van der Waals surface area contributed by atoms with E-state index in [1.807, 2.05) is 0 Å². The fraction of sp³-hybridized carbons (Fsp3) is 0.0500. The zero-order valence-electron chi connectivity index (χ0n) is 13.5. The van der Waals surface area contributed by atoms with Gasteiger partial charge in [0.05, 0.1) is 5.69 Å². The number of ether oxygens (including phenoxy) is 1. The molecule has 26 heavy (non-hydrogen) atoms. The third-order valence-corrected chi connectivity index (χ3v) is 3.84. The van der Waals surface area contributed by atoms with E-state index in [9.17, 15) is 13.6 Å². The Morgan fingerprint density at radius 3 is 2.38 bits per heavy atom. The minimum absolute atomic E-state index is 0.0951. The summed E-state index contributed by atoms with van der Waals surface area (Å²) in [6, 6.07) is 17.1. The maximum atomic E-state index is 14.3. The quantitative estimate of drug-likeness (QED) is 0.658. The Kier molecular flexibility index (Phi) is 5.49. The number of carbonyl (C=O) groups is 1. The van der Waals surface area contributed by atoms with Gasteiger partial charge < -0.3 is 10.1 Å². The Hall–Kier alpha value is -2.92. The lowest BCUT2D eigenvalue weighted by Crippen LogP contribution is -2.21. The summed E-state index contributed by atoms with van der Waals surface area (Å²) in [5, 5.41) is 3.00. The maximum Gasteiger partial charge on any atom is 0.262 e. The Balaban J connectivity index is 1.78. The van der Waals surface area contributed by atoms with Crippen molar-refractivity contribution in [3.63, 3.8) is 0 Å². The van der Waals surface area contributed by atoms with E-state index in [4.69, 9.17) is 16.3 Å².